The molecule has 0 aromatic rings. The molecule has 0 bridgehead atoms. The van der Waals surface area contributed by atoms with Crippen molar-refractivity contribution in [1.82, 2.24) is 5.32 Å². The molecule has 1 rings (SSSR count). The van der Waals surface area contributed by atoms with Gasteiger partial charge in [0.1, 0.15) is 0 Å². The molecule has 0 aromatic carbocycles. The number of hydrogen-bond donors (Lipinski definition) is 1. The highest BCUT2D eigenvalue weighted by Gasteiger charge is 2.13. The molecule has 0 aromatic heterocycles. The van der Waals surface area contributed by atoms with Crippen molar-refractivity contribution in [3.05, 3.63) is 0 Å². The number of hydrogen-bond acceptors (Lipinski definition) is 4. The van der Waals surface area contributed by atoms with E-state index in [1.54, 1.807) is 0 Å². The van der Waals surface area contributed by atoms with E-state index in [0.29, 0.717) is 6.10 Å². The third kappa shape index (κ3) is 8.89. The highest BCUT2D eigenvalue weighted by Crippen LogP contribution is 2.21. The van der Waals surface area contributed by atoms with Crippen molar-refractivity contribution in [1.29, 1.82) is 0 Å². The van der Waals surface area contributed by atoms with Gasteiger partial charge < -0.3 is 14.8 Å². The minimum atomic E-state index is 0.360. The fourth-order valence-corrected chi connectivity index (χ4v) is 2.90. The Hall–Kier alpha value is 0.230. The average Bonchev–Trinajstić information content (AvgIpc) is 2.33. The van der Waals surface area contributed by atoms with Crippen LogP contribution in [-0.4, -0.2) is 50.0 Å². The van der Waals surface area contributed by atoms with Crippen LogP contribution in [0, 0.1) is 0 Å². The summed E-state index contributed by atoms with van der Waals surface area (Å²) in [4.78, 5) is 0. The highest BCUT2D eigenvalue weighted by atomic mass is 32.2. The Balaban J connectivity index is 1.78. The van der Waals surface area contributed by atoms with Gasteiger partial charge in [-0.05, 0) is 39.7 Å². The van der Waals surface area contributed by atoms with Gasteiger partial charge in [0.05, 0.1) is 6.10 Å². The number of nitrogens with one attached hydrogen (secondary N) is 1. The summed E-state index contributed by atoms with van der Waals surface area (Å²) < 4.78 is 10.8. The van der Waals surface area contributed by atoms with Gasteiger partial charge in [0.25, 0.3) is 0 Å². The maximum absolute atomic E-state index is 5.48. The Labute approximate surface area is 110 Å². The molecule has 1 heterocycles. The lowest BCUT2D eigenvalue weighted by Gasteiger charge is -2.21. The lowest BCUT2D eigenvalue weighted by Crippen LogP contribution is -2.23. The summed E-state index contributed by atoms with van der Waals surface area (Å²) in [6.45, 7) is 9.13. The van der Waals surface area contributed by atoms with Crippen LogP contribution in [-0.2, 0) is 9.47 Å². The van der Waals surface area contributed by atoms with Gasteiger partial charge >= 0.3 is 0 Å². The van der Waals surface area contributed by atoms with Crippen molar-refractivity contribution < 1.29 is 9.47 Å². The van der Waals surface area contributed by atoms with E-state index in [2.05, 4.69) is 30.9 Å². The molecule has 0 spiro atoms. The second kappa shape index (κ2) is 10.2. The molecule has 102 valence electrons. The molecule has 1 N–H and O–H groups in total. The second-order valence-corrected chi connectivity index (χ2v) is 6.11. The quantitative estimate of drug-likeness (QED) is 0.645. The molecule has 4 heteroatoms. The van der Waals surface area contributed by atoms with Gasteiger partial charge in [0.15, 0.2) is 0 Å². The molecule has 0 radical (unpaired) electrons. The van der Waals surface area contributed by atoms with Crippen LogP contribution in [0.1, 0.15) is 33.1 Å². The fourth-order valence-electron chi connectivity index (χ4n) is 1.78. The van der Waals surface area contributed by atoms with Gasteiger partial charge in [-0.1, -0.05) is 0 Å². The van der Waals surface area contributed by atoms with E-state index >= 15 is 0 Å². The summed E-state index contributed by atoms with van der Waals surface area (Å²) in [5, 5.41) is 4.30. The van der Waals surface area contributed by atoms with E-state index in [1.165, 1.54) is 18.6 Å². The Bertz CT molecular complexity index is 173. The monoisotopic (exact) mass is 261 g/mol. The molecule has 1 fully saturated rings. The molecule has 17 heavy (non-hydrogen) atoms. The van der Waals surface area contributed by atoms with Gasteiger partial charge in [-0.3, -0.25) is 0 Å². The molecule has 0 amide bonds. The number of ether oxygens (including phenoxy) is 2. The van der Waals surface area contributed by atoms with Gasteiger partial charge in [-0.25, -0.2) is 0 Å². The molecule has 0 aliphatic carbocycles. The molecule has 1 saturated heterocycles. The predicted molar refractivity (Wildman–Crippen MR) is 74.9 cm³/mol. The van der Waals surface area contributed by atoms with Crippen LogP contribution in [0.2, 0.25) is 0 Å². The van der Waals surface area contributed by atoms with E-state index in [4.69, 9.17) is 9.47 Å². The zero-order valence-corrected chi connectivity index (χ0v) is 12.1. The van der Waals surface area contributed by atoms with Crippen molar-refractivity contribution in [2.45, 2.75) is 44.5 Å². The molecule has 1 aliphatic heterocycles. The maximum Gasteiger partial charge on any atom is 0.0518 e. The third-order valence-corrected chi connectivity index (χ3v) is 4.13. The standard InChI is InChI=1S/C13H27NO2S/c1-12(2)16-8-3-6-14-7-11-17-13-4-9-15-10-5-13/h12-14H,3-11H2,1-2H3. The Morgan fingerprint density at radius 2 is 2.06 bits per heavy atom. The van der Waals surface area contributed by atoms with Gasteiger partial charge in [-0.2, -0.15) is 11.8 Å². The Morgan fingerprint density at radius 3 is 2.76 bits per heavy atom. The Kier molecular flexibility index (Phi) is 9.16. The highest BCUT2D eigenvalue weighted by molar-refractivity contribution is 7.99. The Morgan fingerprint density at radius 1 is 1.29 bits per heavy atom. The number of thioether (sulfide) groups is 1. The molecule has 0 unspecified atom stereocenters. The molecular weight excluding hydrogens is 234 g/mol. The molecule has 0 atom stereocenters. The predicted octanol–water partition coefficient (Wildman–Crippen LogP) is 2.30. The summed E-state index contributed by atoms with van der Waals surface area (Å²) in [6.07, 6.45) is 3.93. The molecular formula is C13H27NO2S. The van der Waals surface area contributed by atoms with E-state index in [0.717, 1.165) is 44.6 Å². The van der Waals surface area contributed by atoms with E-state index in [1.807, 2.05) is 0 Å². The first-order valence-electron chi connectivity index (χ1n) is 6.80. The molecule has 3 nitrogen and oxygen atoms in total. The van der Waals surface area contributed by atoms with E-state index in [9.17, 15) is 0 Å². The van der Waals surface area contributed by atoms with Crippen LogP contribution in [0.3, 0.4) is 0 Å². The zero-order valence-electron chi connectivity index (χ0n) is 11.2. The number of rotatable bonds is 9. The first kappa shape index (κ1) is 15.3. The maximum atomic E-state index is 5.48. The minimum Gasteiger partial charge on any atom is -0.381 e. The van der Waals surface area contributed by atoms with Crippen LogP contribution in [0.4, 0.5) is 0 Å². The van der Waals surface area contributed by atoms with Crippen LogP contribution in [0.5, 0.6) is 0 Å². The van der Waals surface area contributed by atoms with Crippen LogP contribution in [0.25, 0.3) is 0 Å². The largest absolute Gasteiger partial charge is 0.381 e. The van der Waals surface area contributed by atoms with Crippen LogP contribution >= 0.6 is 11.8 Å². The van der Waals surface area contributed by atoms with Gasteiger partial charge in [-0.15, -0.1) is 0 Å². The normalized spacial score (nSPS) is 17.8. The van der Waals surface area contributed by atoms with Crippen LogP contribution < -0.4 is 5.32 Å². The van der Waals surface area contributed by atoms with Gasteiger partial charge in [0, 0.05) is 37.4 Å². The summed E-state index contributed by atoms with van der Waals surface area (Å²) in [5.41, 5.74) is 0. The summed E-state index contributed by atoms with van der Waals surface area (Å²) in [6, 6.07) is 0. The second-order valence-electron chi connectivity index (χ2n) is 4.71. The minimum absolute atomic E-state index is 0.360. The average molecular weight is 261 g/mol. The SMILES string of the molecule is CC(C)OCCCNCCSC1CCOCC1. The third-order valence-electron chi connectivity index (χ3n) is 2.75. The first-order valence-corrected chi connectivity index (χ1v) is 7.85. The lowest BCUT2D eigenvalue weighted by molar-refractivity contribution is 0.0772. The van der Waals surface area contributed by atoms with Crippen molar-refractivity contribution in [2.75, 3.05) is 38.7 Å². The topological polar surface area (TPSA) is 30.5 Å². The zero-order chi connectivity index (χ0) is 12.3. The van der Waals surface area contributed by atoms with Crippen molar-refractivity contribution >= 4 is 11.8 Å². The van der Waals surface area contributed by atoms with E-state index < -0.39 is 0 Å². The first-order chi connectivity index (χ1) is 8.29. The van der Waals surface area contributed by atoms with Crippen LogP contribution in [0.15, 0.2) is 0 Å². The summed E-state index contributed by atoms with van der Waals surface area (Å²) in [7, 11) is 0. The van der Waals surface area contributed by atoms with E-state index in [-0.39, 0.29) is 0 Å². The van der Waals surface area contributed by atoms with Gasteiger partial charge in [0.2, 0.25) is 0 Å². The van der Waals surface area contributed by atoms with Crippen molar-refractivity contribution in [2.24, 2.45) is 0 Å². The molecule has 1 aliphatic rings. The van der Waals surface area contributed by atoms with Crippen molar-refractivity contribution in [3.63, 3.8) is 0 Å². The van der Waals surface area contributed by atoms with Crippen molar-refractivity contribution in [3.8, 4) is 0 Å². The summed E-state index contributed by atoms with van der Waals surface area (Å²) >= 11 is 2.09. The fraction of sp³-hybridized carbons (Fsp3) is 1.00. The lowest BCUT2D eigenvalue weighted by atomic mass is 10.2. The molecule has 0 saturated carbocycles. The smallest absolute Gasteiger partial charge is 0.0518 e. The summed E-state index contributed by atoms with van der Waals surface area (Å²) in [5.74, 6) is 1.22.